The van der Waals surface area contributed by atoms with Crippen molar-refractivity contribution in [3.05, 3.63) is 22.9 Å². The number of amidine groups is 1. The Hall–Kier alpha value is -1.07. The lowest BCUT2D eigenvalue weighted by Crippen LogP contribution is -2.15. The maximum Gasteiger partial charge on any atom is 0.125 e. The first kappa shape index (κ1) is 13.0. The van der Waals surface area contributed by atoms with Crippen molar-refractivity contribution < 1.29 is 4.74 Å². The summed E-state index contributed by atoms with van der Waals surface area (Å²) in [5.41, 5.74) is 8.26. The van der Waals surface area contributed by atoms with Gasteiger partial charge in [0.25, 0.3) is 0 Å². The molecule has 0 radical (unpaired) electrons. The summed E-state index contributed by atoms with van der Waals surface area (Å²) in [6.45, 7) is 4.56. The number of pyridine rings is 1. The molecule has 3 N–H and O–H groups in total. The van der Waals surface area contributed by atoms with E-state index < -0.39 is 0 Å². The van der Waals surface area contributed by atoms with Crippen molar-refractivity contribution >= 4 is 17.6 Å². The number of aryl methyl sites for hydroxylation is 2. The number of rotatable bonds is 5. The SMILES string of the molecule is COCCSc1nc(C)cc(C)c1C(=N)N. The molecule has 1 aromatic rings. The molecule has 0 bridgehead atoms. The van der Waals surface area contributed by atoms with E-state index in [2.05, 4.69) is 4.98 Å². The smallest absolute Gasteiger partial charge is 0.125 e. The molecule has 0 spiro atoms. The van der Waals surface area contributed by atoms with Crippen molar-refractivity contribution in [2.24, 2.45) is 5.73 Å². The third kappa shape index (κ3) is 3.21. The van der Waals surface area contributed by atoms with Gasteiger partial charge in [0, 0.05) is 18.6 Å². The molecule has 0 aliphatic rings. The quantitative estimate of drug-likeness (QED) is 0.355. The Morgan fingerprint density at radius 2 is 2.25 bits per heavy atom. The standard InChI is InChI=1S/C11H17N3OS/c1-7-6-8(2)14-11(9(7)10(12)13)16-5-4-15-3/h6H,4-5H2,1-3H3,(H3,12,13). The van der Waals surface area contributed by atoms with E-state index in [4.69, 9.17) is 15.9 Å². The largest absolute Gasteiger partial charge is 0.384 e. The summed E-state index contributed by atoms with van der Waals surface area (Å²) < 4.78 is 4.99. The van der Waals surface area contributed by atoms with E-state index in [0.29, 0.717) is 6.61 Å². The van der Waals surface area contributed by atoms with Gasteiger partial charge >= 0.3 is 0 Å². The summed E-state index contributed by atoms with van der Waals surface area (Å²) in [6, 6.07) is 1.94. The Kier molecular flexibility index (Phi) is 4.76. The fourth-order valence-electron chi connectivity index (χ4n) is 1.46. The summed E-state index contributed by atoms with van der Waals surface area (Å²) in [6.07, 6.45) is 0. The second kappa shape index (κ2) is 5.86. The molecule has 0 aliphatic heterocycles. The number of methoxy groups -OCH3 is 1. The average molecular weight is 239 g/mol. The second-order valence-corrected chi connectivity index (χ2v) is 4.60. The number of nitrogens with zero attached hydrogens (tertiary/aromatic N) is 1. The number of nitrogens with one attached hydrogen (secondary N) is 1. The molecular formula is C11H17N3OS. The number of nitrogen functional groups attached to an aromatic ring is 1. The first-order valence-electron chi connectivity index (χ1n) is 5.00. The number of aromatic nitrogens is 1. The predicted octanol–water partition coefficient (Wildman–Crippen LogP) is 1.72. The molecule has 1 rings (SSSR count). The number of nitrogens with two attached hydrogens (primary N) is 1. The first-order chi connectivity index (χ1) is 7.56. The van der Waals surface area contributed by atoms with Crippen molar-refractivity contribution in [2.75, 3.05) is 19.5 Å². The van der Waals surface area contributed by atoms with Crippen LogP contribution in [0.2, 0.25) is 0 Å². The maximum atomic E-state index is 7.56. The zero-order chi connectivity index (χ0) is 12.1. The average Bonchev–Trinajstić information content (AvgIpc) is 2.16. The van der Waals surface area contributed by atoms with Gasteiger partial charge in [-0.05, 0) is 25.5 Å². The van der Waals surface area contributed by atoms with Crippen LogP contribution >= 0.6 is 11.8 Å². The van der Waals surface area contributed by atoms with Gasteiger partial charge in [0.2, 0.25) is 0 Å². The Balaban J connectivity index is 2.99. The fraction of sp³-hybridized carbons (Fsp3) is 0.455. The molecule has 1 aromatic heterocycles. The van der Waals surface area contributed by atoms with Crippen molar-refractivity contribution in [3.63, 3.8) is 0 Å². The lowest BCUT2D eigenvalue weighted by molar-refractivity contribution is 0.218. The molecule has 0 fully saturated rings. The Morgan fingerprint density at radius 3 is 2.81 bits per heavy atom. The van der Waals surface area contributed by atoms with Crippen LogP contribution in [0.4, 0.5) is 0 Å². The molecule has 4 nitrogen and oxygen atoms in total. The van der Waals surface area contributed by atoms with Gasteiger partial charge in [-0.3, -0.25) is 5.41 Å². The van der Waals surface area contributed by atoms with E-state index in [0.717, 1.165) is 27.6 Å². The van der Waals surface area contributed by atoms with Crippen LogP contribution in [0.3, 0.4) is 0 Å². The van der Waals surface area contributed by atoms with Gasteiger partial charge in [0.05, 0.1) is 12.2 Å². The molecule has 0 atom stereocenters. The molecule has 5 heteroatoms. The second-order valence-electron chi connectivity index (χ2n) is 3.52. The van der Waals surface area contributed by atoms with Crippen molar-refractivity contribution in [2.45, 2.75) is 18.9 Å². The lowest BCUT2D eigenvalue weighted by atomic mass is 10.1. The minimum Gasteiger partial charge on any atom is -0.384 e. The summed E-state index contributed by atoms with van der Waals surface area (Å²) in [5.74, 6) is 0.886. The van der Waals surface area contributed by atoms with Crippen LogP contribution in [0, 0.1) is 19.3 Å². The highest BCUT2D eigenvalue weighted by molar-refractivity contribution is 7.99. The minimum atomic E-state index is 0.0740. The van der Waals surface area contributed by atoms with Crippen LogP contribution < -0.4 is 5.73 Å². The summed E-state index contributed by atoms with van der Waals surface area (Å²) in [5, 5.41) is 8.38. The Morgan fingerprint density at radius 1 is 1.56 bits per heavy atom. The molecule has 1 heterocycles. The van der Waals surface area contributed by atoms with Crippen molar-refractivity contribution in [1.82, 2.24) is 4.98 Å². The number of ether oxygens (including phenoxy) is 1. The molecular weight excluding hydrogens is 222 g/mol. The molecule has 0 saturated carbocycles. The summed E-state index contributed by atoms with van der Waals surface area (Å²) in [7, 11) is 1.67. The van der Waals surface area contributed by atoms with Crippen LogP contribution in [-0.2, 0) is 4.74 Å². The molecule has 0 unspecified atom stereocenters. The summed E-state index contributed by atoms with van der Waals surface area (Å²) >= 11 is 1.57. The topological polar surface area (TPSA) is 72.0 Å². The highest BCUT2D eigenvalue weighted by Gasteiger charge is 2.11. The van der Waals surface area contributed by atoms with Crippen molar-refractivity contribution in [1.29, 1.82) is 5.41 Å². The highest BCUT2D eigenvalue weighted by atomic mass is 32.2. The van der Waals surface area contributed by atoms with Gasteiger partial charge in [-0.25, -0.2) is 4.98 Å². The number of thioether (sulfide) groups is 1. The molecule has 0 saturated heterocycles. The lowest BCUT2D eigenvalue weighted by Gasteiger charge is -2.11. The Labute approximate surface area is 100 Å². The van der Waals surface area contributed by atoms with Gasteiger partial charge in [0.15, 0.2) is 0 Å². The number of hydrogen-bond acceptors (Lipinski definition) is 4. The number of hydrogen-bond donors (Lipinski definition) is 2. The Bertz CT molecular complexity index is 393. The molecule has 16 heavy (non-hydrogen) atoms. The maximum absolute atomic E-state index is 7.56. The zero-order valence-corrected chi connectivity index (χ0v) is 10.6. The zero-order valence-electron chi connectivity index (χ0n) is 9.83. The van der Waals surface area contributed by atoms with Gasteiger partial charge in [0.1, 0.15) is 10.9 Å². The minimum absolute atomic E-state index is 0.0740. The van der Waals surface area contributed by atoms with Gasteiger partial charge in [-0.15, -0.1) is 11.8 Å². The van der Waals surface area contributed by atoms with Crippen LogP contribution in [-0.4, -0.2) is 30.3 Å². The highest BCUT2D eigenvalue weighted by Crippen LogP contribution is 2.23. The monoisotopic (exact) mass is 239 g/mol. The predicted molar refractivity (Wildman–Crippen MR) is 67.3 cm³/mol. The molecule has 0 aliphatic carbocycles. The molecule has 0 aromatic carbocycles. The van der Waals surface area contributed by atoms with E-state index in [-0.39, 0.29) is 5.84 Å². The van der Waals surface area contributed by atoms with Gasteiger partial charge in [-0.2, -0.15) is 0 Å². The van der Waals surface area contributed by atoms with Crippen molar-refractivity contribution in [3.8, 4) is 0 Å². The van der Waals surface area contributed by atoms with E-state index in [1.54, 1.807) is 18.9 Å². The van der Waals surface area contributed by atoms with Crippen LogP contribution in [0.15, 0.2) is 11.1 Å². The summed E-state index contributed by atoms with van der Waals surface area (Å²) in [4.78, 5) is 4.41. The molecule has 88 valence electrons. The van der Waals surface area contributed by atoms with Crippen LogP contribution in [0.25, 0.3) is 0 Å². The fourth-order valence-corrected chi connectivity index (χ4v) is 2.52. The first-order valence-corrected chi connectivity index (χ1v) is 5.99. The third-order valence-corrected chi connectivity index (χ3v) is 3.05. The van der Waals surface area contributed by atoms with E-state index in [1.807, 2.05) is 19.9 Å². The van der Waals surface area contributed by atoms with E-state index >= 15 is 0 Å². The van der Waals surface area contributed by atoms with E-state index in [9.17, 15) is 0 Å². The molecule has 0 amide bonds. The van der Waals surface area contributed by atoms with Crippen LogP contribution in [0.5, 0.6) is 0 Å². The third-order valence-electron chi connectivity index (χ3n) is 2.11. The van der Waals surface area contributed by atoms with Crippen LogP contribution in [0.1, 0.15) is 16.8 Å². The van der Waals surface area contributed by atoms with Gasteiger partial charge < -0.3 is 10.5 Å². The van der Waals surface area contributed by atoms with E-state index in [1.165, 1.54) is 0 Å². The van der Waals surface area contributed by atoms with Gasteiger partial charge in [-0.1, -0.05) is 0 Å². The normalized spacial score (nSPS) is 10.4.